The summed E-state index contributed by atoms with van der Waals surface area (Å²) in [6.45, 7) is 4.24. The Bertz CT molecular complexity index is 1180. The van der Waals surface area contributed by atoms with Crippen LogP contribution in [-0.4, -0.2) is 11.7 Å². The van der Waals surface area contributed by atoms with Gasteiger partial charge in [0, 0.05) is 6.42 Å². The third kappa shape index (κ3) is 3.15. The minimum atomic E-state index is -1.94. The lowest BCUT2D eigenvalue weighted by molar-refractivity contribution is -0.286. The van der Waals surface area contributed by atoms with Crippen molar-refractivity contribution in [3.8, 4) is 24.0 Å². The molecule has 0 amide bonds. The summed E-state index contributed by atoms with van der Waals surface area (Å²) in [5, 5.41) is 39.6. The van der Waals surface area contributed by atoms with E-state index >= 15 is 0 Å². The SMILES string of the molecule is CCCC12OC(=N)C(C#N)(C1CC)C(C#N)(C#N)C(c1ccc(OCc3ccccc3)cc1)O2. The van der Waals surface area contributed by atoms with Crippen molar-refractivity contribution in [2.75, 3.05) is 0 Å². The van der Waals surface area contributed by atoms with E-state index in [1.807, 2.05) is 44.2 Å². The highest BCUT2D eigenvalue weighted by atomic mass is 16.7. The van der Waals surface area contributed by atoms with Crippen molar-refractivity contribution in [3.63, 3.8) is 0 Å². The number of nitriles is 3. The molecule has 2 aromatic rings. The molecule has 0 aromatic heterocycles. The molecule has 4 unspecified atom stereocenters. The van der Waals surface area contributed by atoms with Gasteiger partial charge in [-0.25, -0.2) is 0 Å². The van der Waals surface area contributed by atoms with Crippen molar-refractivity contribution >= 4 is 5.90 Å². The van der Waals surface area contributed by atoms with Crippen LogP contribution in [0.5, 0.6) is 5.75 Å². The van der Waals surface area contributed by atoms with E-state index in [1.165, 1.54) is 0 Å². The Morgan fingerprint density at radius 2 is 1.65 bits per heavy atom. The van der Waals surface area contributed by atoms with E-state index in [9.17, 15) is 15.8 Å². The Morgan fingerprint density at radius 1 is 0.971 bits per heavy atom. The van der Waals surface area contributed by atoms with Crippen LogP contribution in [0.2, 0.25) is 0 Å². The maximum Gasteiger partial charge on any atom is 0.217 e. The molecule has 7 nitrogen and oxygen atoms in total. The van der Waals surface area contributed by atoms with Gasteiger partial charge in [0.25, 0.3) is 0 Å². The summed E-state index contributed by atoms with van der Waals surface area (Å²) in [4.78, 5) is 0. The first-order valence-electron chi connectivity index (χ1n) is 11.4. The largest absolute Gasteiger partial charge is 0.489 e. The van der Waals surface area contributed by atoms with Crippen molar-refractivity contribution in [3.05, 3.63) is 65.7 Å². The molecule has 2 heterocycles. The van der Waals surface area contributed by atoms with Crippen molar-refractivity contribution in [2.24, 2.45) is 16.7 Å². The smallest absolute Gasteiger partial charge is 0.217 e. The zero-order valence-corrected chi connectivity index (χ0v) is 19.2. The van der Waals surface area contributed by atoms with Crippen molar-refractivity contribution in [2.45, 2.75) is 51.6 Å². The van der Waals surface area contributed by atoms with Crippen LogP contribution in [0.4, 0.5) is 0 Å². The number of nitrogens with one attached hydrogen (secondary N) is 1. The lowest BCUT2D eigenvalue weighted by Crippen LogP contribution is -2.59. The molecule has 2 aliphatic heterocycles. The number of hydrogen-bond donors (Lipinski definition) is 1. The normalized spacial score (nSPS) is 28.7. The highest BCUT2D eigenvalue weighted by Crippen LogP contribution is 2.68. The second kappa shape index (κ2) is 8.82. The van der Waals surface area contributed by atoms with Gasteiger partial charge in [0.2, 0.25) is 17.1 Å². The summed E-state index contributed by atoms with van der Waals surface area (Å²) >= 11 is 0. The van der Waals surface area contributed by atoms with Crippen LogP contribution < -0.4 is 4.74 Å². The van der Waals surface area contributed by atoms with Crippen LogP contribution in [0.1, 0.15) is 50.3 Å². The molecule has 2 aliphatic rings. The van der Waals surface area contributed by atoms with Gasteiger partial charge in [-0.2, -0.15) is 15.8 Å². The van der Waals surface area contributed by atoms with E-state index in [0.29, 0.717) is 37.2 Å². The molecule has 0 aliphatic carbocycles. The number of fused-ring (bicyclic) bond motifs is 2. The van der Waals surface area contributed by atoms with Crippen LogP contribution in [-0.2, 0) is 16.1 Å². The summed E-state index contributed by atoms with van der Waals surface area (Å²) in [7, 11) is 0. The Kier molecular flexibility index (Phi) is 6.05. The summed E-state index contributed by atoms with van der Waals surface area (Å²) < 4.78 is 18.3. The Labute approximate surface area is 199 Å². The second-order valence-electron chi connectivity index (χ2n) is 8.75. The predicted molar refractivity (Wildman–Crippen MR) is 123 cm³/mol. The highest BCUT2D eigenvalue weighted by Gasteiger charge is 2.79. The predicted octanol–water partition coefficient (Wildman–Crippen LogP) is 5.41. The monoisotopic (exact) mass is 454 g/mol. The summed E-state index contributed by atoms with van der Waals surface area (Å²) in [6, 6.07) is 23.1. The van der Waals surface area contributed by atoms with Gasteiger partial charge in [0.15, 0.2) is 5.41 Å². The number of rotatable bonds is 7. The molecule has 0 radical (unpaired) electrons. The van der Waals surface area contributed by atoms with Crippen LogP contribution in [0.25, 0.3) is 0 Å². The molecule has 2 bridgehead atoms. The van der Waals surface area contributed by atoms with E-state index in [4.69, 9.17) is 19.6 Å². The van der Waals surface area contributed by atoms with E-state index in [-0.39, 0.29) is 5.90 Å². The molecule has 172 valence electrons. The molecule has 34 heavy (non-hydrogen) atoms. The van der Waals surface area contributed by atoms with Crippen molar-refractivity contribution in [1.82, 2.24) is 0 Å². The van der Waals surface area contributed by atoms with Crippen molar-refractivity contribution < 1.29 is 14.2 Å². The van der Waals surface area contributed by atoms with Gasteiger partial charge in [0.1, 0.15) is 18.5 Å². The molecule has 2 fully saturated rings. The molecule has 2 saturated heterocycles. The maximum absolute atomic E-state index is 10.4. The van der Waals surface area contributed by atoms with Crippen molar-refractivity contribution in [1.29, 1.82) is 21.2 Å². The van der Waals surface area contributed by atoms with Gasteiger partial charge in [-0.3, -0.25) is 5.41 Å². The van der Waals surface area contributed by atoms with Crippen LogP contribution in [0.15, 0.2) is 54.6 Å². The third-order valence-corrected chi connectivity index (χ3v) is 6.99. The lowest BCUT2D eigenvalue weighted by atomic mass is 9.52. The zero-order chi connectivity index (χ0) is 24.4. The molecular formula is C27H26N4O3. The molecule has 0 spiro atoms. The highest BCUT2D eigenvalue weighted by molar-refractivity contribution is 5.89. The van der Waals surface area contributed by atoms with E-state index in [0.717, 1.165) is 5.56 Å². The molecule has 7 heteroatoms. The summed E-state index contributed by atoms with van der Waals surface area (Å²) in [6.07, 6.45) is 0.498. The number of hydrogen-bond acceptors (Lipinski definition) is 7. The van der Waals surface area contributed by atoms with Gasteiger partial charge >= 0.3 is 0 Å². The molecule has 2 aromatic carbocycles. The van der Waals surface area contributed by atoms with Gasteiger partial charge in [-0.05, 0) is 36.1 Å². The van der Waals surface area contributed by atoms with Gasteiger partial charge in [-0.15, -0.1) is 0 Å². The minimum absolute atomic E-state index is 0.358. The van der Waals surface area contributed by atoms with E-state index < -0.39 is 28.6 Å². The van der Waals surface area contributed by atoms with E-state index in [1.54, 1.807) is 24.3 Å². The molecule has 4 rings (SSSR count). The van der Waals surface area contributed by atoms with Gasteiger partial charge in [0.05, 0.1) is 24.1 Å². The molecule has 0 saturated carbocycles. The van der Waals surface area contributed by atoms with Gasteiger partial charge < -0.3 is 14.2 Å². The Morgan fingerprint density at radius 3 is 2.21 bits per heavy atom. The van der Waals surface area contributed by atoms with Gasteiger partial charge in [-0.1, -0.05) is 56.3 Å². The Hall–Kier alpha value is -3.86. The standard InChI is InChI=1S/C27H26N4O3/c1-3-14-27-22(4-2)26(18-30,24(31)34-27)25(16-28,17-29)23(33-27)20-10-12-21(13-11-20)32-15-19-8-6-5-7-9-19/h5-13,22-23,31H,3-4,14-15H2,1-2H3. The average molecular weight is 455 g/mol. The fourth-order valence-corrected chi connectivity index (χ4v) is 5.45. The number of nitrogens with zero attached hydrogens (tertiary/aromatic N) is 3. The first-order valence-corrected chi connectivity index (χ1v) is 11.4. The van der Waals surface area contributed by atoms with E-state index in [2.05, 4.69) is 18.2 Å². The minimum Gasteiger partial charge on any atom is -0.489 e. The summed E-state index contributed by atoms with van der Waals surface area (Å²) in [5.41, 5.74) is -2.08. The lowest BCUT2D eigenvalue weighted by Gasteiger charge is -2.49. The summed E-state index contributed by atoms with van der Waals surface area (Å²) in [5.74, 6) is -1.58. The maximum atomic E-state index is 10.4. The topological polar surface area (TPSA) is 123 Å². The third-order valence-electron chi connectivity index (χ3n) is 6.99. The second-order valence-corrected chi connectivity index (χ2v) is 8.75. The number of ether oxygens (including phenoxy) is 3. The first-order chi connectivity index (χ1) is 16.5. The van der Waals surface area contributed by atoms with Crippen LogP contribution >= 0.6 is 0 Å². The average Bonchev–Trinajstić information content (AvgIpc) is 3.06. The first kappa shape index (κ1) is 23.3. The van der Waals surface area contributed by atoms with Crippen LogP contribution in [0.3, 0.4) is 0 Å². The fraction of sp³-hybridized carbons (Fsp3) is 0.407. The molecule has 4 atom stereocenters. The quantitative estimate of drug-likeness (QED) is 0.597. The molecular weight excluding hydrogens is 428 g/mol. The number of benzene rings is 2. The zero-order valence-electron chi connectivity index (χ0n) is 19.2. The fourth-order valence-electron chi connectivity index (χ4n) is 5.45. The van der Waals surface area contributed by atoms with Crippen LogP contribution in [0, 0.1) is 56.2 Å². The Balaban J connectivity index is 1.74. The molecule has 1 N–H and O–H groups in total.